The molecule has 0 spiro atoms. The first-order valence-electron chi connectivity index (χ1n) is 9.74. The van der Waals surface area contributed by atoms with Gasteiger partial charge in [-0.25, -0.2) is 4.98 Å². The van der Waals surface area contributed by atoms with Crippen LogP contribution in [-0.4, -0.2) is 33.4 Å². The Morgan fingerprint density at radius 1 is 1.16 bits per heavy atom. The van der Waals surface area contributed by atoms with Gasteiger partial charge in [-0.05, 0) is 68.7 Å². The molecule has 2 aromatic rings. The Bertz CT molecular complexity index is 737. The SMILES string of the molecule is CCC(CC)C(=O)N1CCC(Cn2cnc3cc(C)c(C)cc32)CC1. The first-order chi connectivity index (χ1) is 12.0. The summed E-state index contributed by atoms with van der Waals surface area (Å²) in [6, 6.07) is 4.43. The van der Waals surface area contributed by atoms with E-state index in [1.165, 1.54) is 16.6 Å². The van der Waals surface area contributed by atoms with Gasteiger partial charge in [0.25, 0.3) is 0 Å². The summed E-state index contributed by atoms with van der Waals surface area (Å²) >= 11 is 0. The number of amides is 1. The van der Waals surface area contributed by atoms with Crippen LogP contribution >= 0.6 is 0 Å². The Morgan fingerprint density at radius 3 is 2.44 bits per heavy atom. The van der Waals surface area contributed by atoms with Crippen molar-refractivity contribution in [2.45, 2.75) is 59.9 Å². The third kappa shape index (κ3) is 3.73. The summed E-state index contributed by atoms with van der Waals surface area (Å²) in [5.41, 5.74) is 4.94. The van der Waals surface area contributed by atoms with Crippen LogP contribution in [0.3, 0.4) is 0 Å². The maximum absolute atomic E-state index is 12.5. The lowest BCUT2D eigenvalue weighted by atomic mass is 9.94. The molecule has 1 aromatic carbocycles. The second-order valence-electron chi connectivity index (χ2n) is 7.60. The highest BCUT2D eigenvalue weighted by Crippen LogP contribution is 2.25. The van der Waals surface area contributed by atoms with Gasteiger partial charge in [0.1, 0.15) is 0 Å². The van der Waals surface area contributed by atoms with Gasteiger partial charge < -0.3 is 9.47 Å². The third-order valence-corrected chi connectivity index (χ3v) is 5.95. The minimum Gasteiger partial charge on any atom is -0.342 e. The number of nitrogens with zero attached hydrogens (tertiary/aromatic N) is 3. The Kier molecular flexibility index (Phi) is 5.45. The molecule has 1 aliphatic rings. The molecule has 1 fully saturated rings. The first-order valence-corrected chi connectivity index (χ1v) is 9.74. The van der Waals surface area contributed by atoms with Crippen molar-refractivity contribution in [1.82, 2.24) is 14.5 Å². The fraction of sp³-hybridized carbons (Fsp3) is 0.619. The molecule has 4 heteroatoms. The van der Waals surface area contributed by atoms with Crippen molar-refractivity contribution in [2.24, 2.45) is 11.8 Å². The van der Waals surface area contributed by atoms with Gasteiger partial charge in [0.2, 0.25) is 5.91 Å². The van der Waals surface area contributed by atoms with E-state index in [-0.39, 0.29) is 5.92 Å². The van der Waals surface area contributed by atoms with Gasteiger partial charge in [0.05, 0.1) is 17.4 Å². The lowest BCUT2D eigenvalue weighted by molar-refractivity contribution is -0.137. The number of carbonyl (C=O) groups excluding carboxylic acids is 1. The maximum atomic E-state index is 12.5. The average Bonchev–Trinajstić information content (AvgIpc) is 2.99. The van der Waals surface area contributed by atoms with E-state index in [2.05, 4.69) is 54.3 Å². The highest BCUT2D eigenvalue weighted by molar-refractivity contribution is 5.79. The third-order valence-electron chi connectivity index (χ3n) is 5.95. The van der Waals surface area contributed by atoms with E-state index in [0.717, 1.165) is 50.8 Å². The van der Waals surface area contributed by atoms with E-state index >= 15 is 0 Å². The normalized spacial score (nSPS) is 16.1. The van der Waals surface area contributed by atoms with Gasteiger partial charge in [-0.15, -0.1) is 0 Å². The summed E-state index contributed by atoms with van der Waals surface area (Å²) in [5, 5.41) is 0. The molecule has 0 N–H and O–H groups in total. The largest absolute Gasteiger partial charge is 0.342 e. The molecule has 0 unspecified atom stereocenters. The van der Waals surface area contributed by atoms with Gasteiger partial charge >= 0.3 is 0 Å². The fourth-order valence-electron chi connectivity index (χ4n) is 3.97. The van der Waals surface area contributed by atoms with Crippen molar-refractivity contribution in [2.75, 3.05) is 13.1 Å². The zero-order valence-electron chi connectivity index (χ0n) is 16.1. The van der Waals surface area contributed by atoms with Crippen molar-refractivity contribution in [3.63, 3.8) is 0 Å². The lowest BCUT2D eigenvalue weighted by Crippen LogP contribution is -2.42. The molecular formula is C21H31N3O. The molecule has 136 valence electrons. The van der Waals surface area contributed by atoms with E-state index in [1.54, 1.807) is 0 Å². The molecule has 0 atom stereocenters. The van der Waals surface area contributed by atoms with Crippen LogP contribution in [0.4, 0.5) is 0 Å². The Hall–Kier alpha value is -1.84. The summed E-state index contributed by atoms with van der Waals surface area (Å²) in [6.45, 7) is 11.4. The fourth-order valence-corrected chi connectivity index (χ4v) is 3.97. The second-order valence-corrected chi connectivity index (χ2v) is 7.60. The van der Waals surface area contributed by atoms with Crippen molar-refractivity contribution in [3.05, 3.63) is 29.6 Å². The van der Waals surface area contributed by atoms with Gasteiger partial charge in [-0.2, -0.15) is 0 Å². The molecular weight excluding hydrogens is 310 g/mol. The van der Waals surface area contributed by atoms with Crippen LogP contribution in [0.5, 0.6) is 0 Å². The van der Waals surface area contributed by atoms with E-state index in [4.69, 9.17) is 0 Å². The van der Waals surface area contributed by atoms with E-state index < -0.39 is 0 Å². The molecule has 3 rings (SSSR count). The number of hydrogen-bond donors (Lipinski definition) is 0. The molecule has 1 amide bonds. The molecule has 1 aromatic heterocycles. The predicted octanol–water partition coefficient (Wildman–Crippen LogP) is 4.33. The monoisotopic (exact) mass is 341 g/mol. The Balaban J connectivity index is 1.63. The smallest absolute Gasteiger partial charge is 0.225 e. The van der Waals surface area contributed by atoms with Crippen LogP contribution in [0.2, 0.25) is 0 Å². The predicted molar refractivity (Wildman–Crippen MR) is 103 cm³/mol. The number of aryl methyl sites for hydroxylation is 2. The highest BCUT2D eigenvalue weighted by Gasteiger charge is 2.26. The quantitative estimate of drug-likeness (QED) is 0.812. The molecule has 0 saturated carbocycles. The van der Waals surface area contributed by atoms with Crippen molar-refractivity contribution < 1.29 is 4.79 Å². The standard InChI is InChI=1S/C21H31N3O/c1-5-18(6-2)21(25)23-9-7-17(8-10-23)13-24-14-22-19-11-15(3)16(4)12-20(19)24/h11-12,14,17-18H,5-10,13H2,1-4H3. The second kappa shape index (κ2) is 7.59. The van der Waals surface area contributed by atoms with Crippen LogP contribution in [0.15, 0.2) is 18.5 Å². The number of rotatable bonds is 5. The van der Waals surface area contributed by atoms with E-state index in [1.807, 2.05) is 6.33 Å². The van der Waals surface area contributed by atoms with Crippen LogP contribution in [0.25, 0.3) is 11.0 Å². The number of carbonyl (C=O) groups is 1. The minimum atomic E-state index is 0.209. The number of fused-ring (bicyclic) bond motifs is 1. The Labute approximate surface area is 151 Å². The van der Waals surface area contributed by atoms with Crippen LogP contribution in [0, 0.1) is 25.7 Å². The molecule has 0 bridgehead atoms. The number of benzene rings is 1. The zero-order valence-corrected chi connectivity index (χ0v) is 16.1. The summed E-state index contributed by atoms with van der Waals surface area (Å²) in [7, 11) is 0. The van der Waals surface area contributed by atoms with Crippen LogP contribution in [-0.2, 0) is 11.3 Å². The van der Waals surface area contributed by atoms with Gasteiger partial charge in [-0.3, -0.25) is 4.79 Å². The van der Waals surface area contributed by atoms with E-state index in [0.29, 0.717) is 11.8 Å². The molecule has 1 aliphatic heterocycles. The molecule has 2 heterocycles. The summed E-state index contributed by atoms with van der Waals surface area (Å²) in [5.74, 6) is 1.20. The first kappa shape index (κ1) is 18.0. The number of piperidine rings is 1. The average molecular weight is 341 g/mol. The summed E-state index contributed by atoms with van der Waals surface area (Å²) in [4.78, 5) is 19.2. The van der Waals surface area contributed by atoms with Crippen LogP contribution in [0.1, 0.15) is 50.7 Å². The Morgan fingerprint density at radius 2 is 1.80 bits per heavy atom. The number of likely N-dealkylation sites (tertiary alicyclic amines) is 1. The number of imidazole rings is 1. The lowest BCUT2D eigenvalue weighted by Gasteiger charge is -2.34. The molecule has 25 heavy (non-hydrogen) atoms. The summed E-state index contributed by atoms with van der Waals surface area (Å²) < 4.78 is 2.30. The molecule has 0 radical (unpaired) electrons. The maximum Gasteiger partial charge on any atom is 0.225 e. The molecule has 1 saturated heterocycles. The minimum absolute atomic E-state index is 0.209. The number of aromatic nitrogens is 2. The zero-order chi connectivity index (χ0) is 18.0. The van der Waals surface area contributed by atoms with Crippen LogP contribution < -0.4 is 0 Å². The molecule has 0 aliphatic carbocycles. The van der Waals surface area contributed by atoms with Crippen molar-refractivity contribution in [3.8, 4) is 0 Å². The van der Waals surface area contributed by atoms with Crippen molar-refractivity contribution in [1.29, 1.82) is 0 Å². The topological polar surface area (TPSA) is 38.1 Å². The number of hydrogen-bond acceptors (Lipinski definition) is 2. The highest BCUT2D eigenvalue weighted by atomic mass is 16.2. The van der Waals surface area contributed by atoms with Gasteiger partial charge in [0, 0.05) is 25.6 Å². The summed E-state index contributed by atoms with van der Waals surface area (Å²) in [6.07, 6.45) is 6.07. The molecule has 4 nitrogen and oxygen atoms in total. The van der Waals surface area contributed by atoms with Gasteiger partial charge in [0.15, 0.2) is 0 Å². The van der Waals surface area contributed by atoms with Gasteiger partial charge in [-0.1, -0.05) is 13.8 Å². The van der Waals surface area contributed by atoms with Crippen molar-refractivity contribution >= 4 is 16.9 Å². The van der Waals surface area contributed by atoms with E-state index in [9.17, 15) is 4.79 Å².